The number of hydrogen-bond acceptors (Lipinski definition) is 16. The van der Waals surface area contributed by atoms with Gasteiger partial charge in [-0.1, -0.05) is 118 Å². The minimum atomic E-state index is -1.11. The van der Waals surface area contributed by atoms with E-state index in [9.17, 15) is 52.7 Å². The van der Waals surface area contributed by atoms with Crippen molar-refractivity contribution in [3.63, 3.8) is 0 Å². The van der Waals surface area contributed by atoms with E-state index in [4.69, 9.17) is 19.9 Å². The van der Waals surface area contributed by atoms with Crippen LogP contribution in [0.4, 0.5) is 15.3 Å². The largest absolute Gasteiger partial charge is 0.445 e. The van der Waals surface area contributed by atoms with Crippen molar-refractivity contribution in [1.82, 2.24) is 45.9 Å². The normalized spacial score (nSPS) is 16.9. The summed E-state index contributed by atoms with van der Waals surface area (Å²) in [6.07, 6.45) is 6.85. The second-order valence-corrected chi connectivity index (χ2v) is 27.5. The van der Waals surface area contributed by atoms with E-state index in [0.717, 1.165) is 21.9 Å². The molecule has 0 spiro atoms. The molecule has 3 aromatic rings. The molecule has 26 heteroatoms. The summed E-state index contributed by atoms with van der Waals surface area (Å²) in [5.74, 6) is -5.50. The molecule has 1 fully saturated rings. The third-order valence-corrected chi connectivity index (χ3v) is 19.3. The quantitative estimate of drug-likeness (QED) is 0.0241. The van der Waals surface area contributed by atoms with Gasteiger partial charge in [-0.15, -0.1) is 11.3 Å². The van der Waals surface area contributed by atoms with Crippen LogP contribution in [-0.4, -0.2) is 186 Å². The van der Waals surface area contributed by atoms with E-state index in [1.54, 1.807) is 82.1 Å². The van der Waals surface area contributed by atoms with E-state index in [0.29, 0.717) is 56.3 Å². The number of aromatic nitrogens is 1. The maximum atomic E-state index is 14.9. The molecule has 11 atom stereocenters. The van der Waals surface area contributed by atoms with Gasteiger partial charge in [0.1, 0.15) is 36.6 Å². The standard InChI is InChI=1S/C71H105N11O14S/c1-14-46(8)63(55(94-12)41-59(87)81-37-22-26-53(81)64(95-13)47(9)54(83)40-50(68-73-35-38-97-68)39-48-23-17-15-18-24-48)79(10)69(91)61(44(4)5)78-67(90)62(45(6)7)80(11)71(93)96-42-49-28-30-51(31-29-49)75-65(88)52(25-21-34-74-70(72)92)76-66(89)60(43(2)3)77-56(84)27-19-16-20-36-82-57(85)32-33-58(82)86/h15,17-18,23-24,28-33,35,38,43-47,50,52-53,55,60-64H,14,16,19-22,25-27,34,36-37,39-42H2,1-13H3,(H,75,88)(H,76,89)(H,77,84)(H,78,90)(H3,72,74,92)/t46-,47-,50+,52-,53-,55+,60-,61-,62-,63-,64+/m0/s1. The van der Waals surface area contributed by atoms with Crippen LogP contribution in [0.3, 0.4) is 0 Å². The monoisotopic (exact) mass is 1370 g/mol. The highest BCUT2D eigenvalue weighted by Crippen LogP contribution is 2.33. The summed E-state index contributed by atoms with van der Waals surface area (Å²) in [4.78, 5) is 158. The molecule has 2 aromatic carbocycles. The van der Waals surface area contributed by atoms with Crippen LogP contribution >= 0.6 is 11.3 Å². The van der Waals surface area contributed by atoms with Gasteiger partial charge in [0.2, 0.25) is 35.4 Å². The fourth-order valence-corrected chi connectivity index (χ4v) is 13.5. The molecule has 0 radical (unpaired) electrons. The van der Waals surface area contributed by atoms with Gasteiger partial charge in [-0.05, 0) is 91.9 Å². The molecule has 25 nitrogen and oxygen atoms in total. The number of Topliss-reactive ketones (excluding diaryl/α,β-unsaturated/α-hetero) is 1. The number of likely N-dealkylation sites (tertiary alicyclic amines) is 1. The zero-order valence-electron chi connectivity index (χ0n) is 58.8. The Balaban J connectivity index is 1.18. The van der Waals surface area contributed by atoms with Gasteiger partial charge in [0.25, 0.3) is 11.8 Å². The average Bonchev–Trinajstić information content (AvgIpc) is 1.80. The molecule has 0 aliphatic carbocycles. The smallest absolute Gasteiger partial charge is 0.410 e. The molecule has 5 rings (SSSR count). The van der Waals surface area contributed by atoms with Gasteiger partial charge in [0.15, 0.2) is 0 Å². The van der Waals surface area contributed by atoms with Crippen LogP contribution in [0.2, 0.25) is 0 Å². The minimum absolute atomic E-state index is 0.0285. The van der Waals surface area contributed by atoms with E-state index in [2.05, 4.69) is 43.7 Å². The summed E-state index contributed by atoms with van der Waals surface area (Å²) >= 11 is 1.53. The highest BCUT2D eigenvalue weighted by Gasteiger charge is 2.44. The SMILES string of the molecule is CC[C@H](C)[C@@H]([C@@H](CC(=O)N1CCC[C@H]1[C@H](OC)[C@@H](C)C(=O)C[C@@H](Cc1ccccc1)c1nccs1)OC)N(C)C(=O)[C@@H](NC(=O)[C@H](C(C)C)N(C)C(=O)OCc1ccc(NC(=O)[C@H](CCCNC(N)=O)NC(=O)[C@@H](NC(=O)CCCCCN2C(=O)C=CC2=O)C(C)C)cc1)C(C)C. The maximum Gasteiger partial charge on any atom is 0.410 e. The van der Waals surface area contributed by atoms with Gasteiger partial charge >= 0.3 is 12.1 Å². The molecule has 97 heavy (non-hydrogen) atoms. The summed E-state index contributed by atoms with van der Waals surface area (Å²) < 4.78 is 18.0. The molecule has 0 bridgehead atoms. The van der Waals surface area contributed by atoms with Crippen LogP contribution in [-0.2, 0) is 70.4 Å². The highest BCUT2D eigenvalue weighted by atomic mass is 32.1. The van der Waals surface area contributed by atoms with Crippen LogP contribution in [0.15, 0.2) is 78.3 Å². The molecular weight excluding hydrogens is 1260 g/mol. The highest BCUT2D eigenvalue weighted by molar-refractivity contribution is 7.09. The lowest BCUT2D eigenvalue weighted by molar-refractivity contribution is -0.148. The van der Waals surface area contributed by atoms with Gasteiger partial charge < -0.3 is 56.3 Å². The Hall–Kier alpha value is -8.10. The van der Waals surface area contributed by atoms with Gasteiger partial charge in [-0.3, -0.25) is 53.0 Å². The van der Waals surface area contributed by atoms with Crippen LogP contribution in [0.25, 0.3) is 0 Å². The molecule has 0 unspecified atom stereocenters. The predicted molar refractivity (Wildman–Crippen MR) is 369 cm³/mol. The van der Waals surface area contributed by atoms with Gasteiger partial charge in [-0.2, -0.15) is 0 Å². The number of nitrogens with zero attached hydrogens (tertiary/aromatic N) is 5. The Morgan fingerprint density at radius 1 is 0.742 bits per heavy atom. The number of ketones is 1. The van der Waals surface area contributed by atoms with Crippen molar-refractivity contribution in [3.05, 3.63) is 94.5 Å². The molecule has 11 amide bonds. The lowest BCUT2D eigenvalue weighted by Gasteiger charge is -2.41. The fraction of sp³-hybridized carbons (Fsp3) is 0.606. The number of benzene rings is 2. The first-order valence-electron chi connectivity index (χ1n) is 34.0. The number of carbonyl (C=O) groups is 11. The molecule has 1 aromatic heterocycles. The lowest BCUT2D eigenvalue weighted by atomic mass is 9.85. The third kappa shape index (κ3) is 23.6. The number of hydrogen-bond donors (Lipinski definition) is 6. The zero-order chi connectivity index (χ0) is 71.6. The van der Waals surface area contributed by atoms with Gasteiger partial charge in [0, 0.05) is 102 Å². The third-order valence-electron chi connectivity index (χ3n) is 18.4. The van der Waals surface area contributed by atoms with Crippen molar-refractivity contribution in [2.45, 2.75) is 200 Å². The summed E-state index contributed by atoms with van der Waals surface area (Å²) in [6.45, 7) is 17.1. The van der Waals surface area contributed by atoms with E-state index >= 15 is 0 Å². The number of unbranched alkanes of at least 4 members (excludes halogenated alkanes) is 2. The number of nitrogens with two attached hydrogens (primary N) is 1. The van der Waals surface area contributed by atoms with Crippen LogP contribution in [0, 0.1) is 29.6 Å². The number of likely N-dealkylation sites (N-methyl/N-ethyl adjacent to an activating group) is 2. The topological polar surface area (TPSA) is 327 Å². The Labute approximate surface area is 575 Å². The van der Waals surface area contributed by atoms with Gasteiger partial charge in [-0.25, -0.2) is 14.6 Å². The van der Waals surface area contributed by atoms with E-state index < -0.39 is 95.9 Å². The number of rotatable bonds is 40. The molecule has 2 aliphatic rings. The first-order valence-corrected chi connectivity index (χ1v) is 34.8. The Bertz CT molecular complexity index is 3110. The number of ether oxygens (including phenoxy) is 3. The number of carbonyl (C=O) groups excluding carboxylic acids is 11. The molecule has 7 N–H and O–H groups in total. The molecule has 3 heterocycles. The molecule has 2 aliphatic heterocycles. The van der Waals surface area contributed by atoms with Gasteiger partial charge in [0.05, 0.1) is 35.7 Å². The van der Waals surface area contributed by atoms with Crippen LogP contribution in [0.5, 0.6) is 0 Å². The molecule has 534 valence electrons. The average molecular weight is 1370 g/mol. The van der Waals surface area contributed by atoms with E-state index in [1.807, 2.05) is 58.2 Å². The number of thiazole rings is 1. The van der Waals surface area contributed by atoms with Crippen molar-refractivity contribution in [1.29, 1.82) is 0 Å². The summed E-state index contributed by atoms with van der Waals surface area (Å²) in [5, 5.41) is 16.6. The minimum Gasteiger partial charge on any atom is -0.445 e. The summed E-state index contributed by atoms with van der Waals surface area (Å²) in [5.41, 5.74) is 7.23. The maximum absolute atomic E-state index is 14.9. The summed E-state index contributed by atoms with van der Waals surface area (Å²) in [6, 6.07) is 10.5. The van der Waals surface area contributed by atoms with Crippen LogP contribution in [0.1, 0.15) is 155 Å². The number of primary amides is 1. The second-order valence-electron chi connectivity index (χ2n) is 26.5. The first kappa shape index (κ1) is 79.6. The van der Waals surface area contributed by atoms with E-state index in [-0.39, 0.29) is 105 Å². The lowest BCUT2D eigenvalue weighted by Crippen LogP contribution is -2.60. The van der Waals surface area contributed by atoms with Crippen LogP contribution < -0.4 is 32.3 Å². The van der Waals surface area contributed by atoms with Crippen molar-refractivity contribution < 1.29 is 67.0 Å². The number of amides is 11. The second kappa shape index (κ2) is 39.3. The van der Waals surface area contributed by atoms with E-state index in [1.165, 1.54) is 42.5 Å². The molecule has 0 saturated carbocycles. The van der Waals surface area contributed by atoms with Crippen molar-refractivity contribution >= 4 is 82.2 Å². The van der Waals surface area contributed by atoms with Crippen molar-refractivity contribution in [2.75, 3.05) is 53.3 Å². The zero-order valence-corrected chi connectivity index (χ0v) is 59.7. The number of nitrogens with one attached hydrogen (secondary N) is 5. The Kier molecular flexibility index (Phi) is 32.3. The number of methoxy groups -OCH3 is 2. The molecule has 1 saturated heterocycles. The summed E-state index contributed by atoms with van der Waals surface area (Å²) in [7, 11) is 6.21. The number of anilines is 1. The number of urea groups is 1. The van der Waals surface area contributed by atoms with Crippen molar-refractivity contribution in [2.24, 2.45) is 35.3 Å². The predicted octanol–water partition coefficient (Wildman–Crippen LogP) is 7.28. The Morgan fingerprint density at radius 2 is 1.41 bits per heavy atom. The number of imide groups is 1. The first-order chi connectivity index (χ1) is 46.1. The molecular formula is C71H105N11O14S. The Morgan fingerprint density at radius 3 is 2.00 bits per heavy atom. The fourth-order valence-electron chi connectivity index (χ4n) is 12.7. The van der Waals surface area contributed by atoms with Crippen molar-refractivity contribution in [3.8, 4) is 0 Å².